The Morgan fingerprint density at radius 2 is 0.667 bits per heavy atom. The molecule has 0 fully saturated rings. The molecule has 0 aromatic heterocycles. The van der Waals surface area contributed by atoms with Crippen LogP contribution in [0.25, 0.3) is 0 Å². The number of hydrogen-bond acceptors (Lipinski definition) is 0. The summed E-state index contributed by atoms with van der Waals surface area (Å²) in [7, 11) is 0. The molecular formula is H2Ca2Cl3Na. The van der Waals surface area contributed by atoms with E-state index in [9.17, 15) is 0 Å². The zero-order valence-electron chi connectivity index (χ0n) is 5.55. The third-order valence-corrected chi connectivity index (χ3v) is 0. The Bertz CT molecular complexity index is 15.2. The van der Waals surface area contributed by atoms with Crippen molar-refractivity contribution >= 4 is 75.5 Å². The fraction of sp³-hybridized carbons (Fsp3) is 0. The Hall–Kier alpha value is 4.39. The zero-order chi connectivity index (χ0) is 0. The standard InChI is InChI=1S/2Ca.3ClH.Na.2H/h;;3*1H;;;/q2*+2;;;;+1;2*-1/p-3. The molecule has 6 heavy (non-hydrogen) atoms. The van der Waals surface area contributed by atoms with Crippen LogP contribution in [0.1, 0.15) is 2.85 Å². The third-order valence-electron chi connectivity index (χ3n) is 0. The molecule has 0 N–H and O–H groups in total. The van der Waals surface area contributed by atoms with Crippen LogP contribution in [0.4, 0.5) is 0 Å². The maximum Gasteiger partial charge on any atom is 2.00 e. The van der Waals surface area contributed by atoms with E-state index in [1.165, 1.54) is 0 Å². The topological polar surface area (TPSA) is 0 Å². The summed E-state index contributed by atoms with van der Waals surface area (Å²) in [6.07, 6.45) is 0. The predicted molar refractivity (Wildman–Crippen MR) is 13.7 cm³/mol. The van der Waals surface area contributed by atoms with Crippen molar-refractivity contribution in [2.24, 2.45) is 0 Å². The van der Waals surface area contributed by atoms with Gasteiger partial charge in [-0.3, -0.25) is 0 Å². The molecule has 0 aliphatic heterocycles. The van der Waals surface area contributed by atoms with Gasteiger partial charge in [-0.25, -0.2) is 0 Å². The van der Waals surface area contributed by atoms with Crippen molar-refractivity contribution in [1.29, 1.82) is 0 Å². The summed E-state index contributed by atoms with van der Waals surface area (Å²) in [6.45, 7) is 0. The molecule has 0 aliphatic rings. The SMILES string of the molecule is [Ca+2].[Ca+2].[Cl-].[Cl-].[Cl-].[H-].[H-].[Na+]. The van der Waals surface area contributed by atoms with Crippen LogP contribution in [-0.4, -0.2) is 75.5 Å². The molecule has 0 rings (SSSR count). The van der Waals surface area contributed by atoms with Gasteiger partial charge in [0.1, 0.15) is 0 Å². The fourth-order valence-electron chi connectivity index (χ4n) is 0. The van der Waals surface area contributed by atoms with Crippen LogP contribution in [0.15, 0.2) is 0 Å². The van der Waals surface area contributed by atoms with Crippen LogP contribution in [0.3, 0.4) is 0 Å². The zero-order valence-corrected chi connectivity index (χ0v) is 12.2. The summed E-state index contributed by atoms with van der Waals surface area (Å²) in [5, 5.41) is 0. The molecule has 6 heteroatoms. The molecule has 0 aromatic rings. The summed E-state index contributed by atoms with van der Waals surface area (Å²) in [5.74, 6) is 0. The minimum Gasteiger partial charge on any atom is -1.00 e. The molecular weight excluding hydrogens is 210 g/mol. The maximum absolute atomic E-state index is 0. The second kappa shape index (κ2) is 34.3. The average molecular weight is 212 g/mol. The van der Waals surface area contributed by atoms with E-state index in [0.717, 1.165) is 0 Å². The summed E-state index contributed by atoms with van der Waals surface area (Å²) >= 11 is 0. The fourth-order valence-corrected chi connectivity index (χ4v) is 0. The molecule has 0 heterocycles. The van der Waals surface area contributed by atoms with Gasteiger partial charge in [-0.15, -0.1) is 0 Å². The number of rotatable bonds is 0. The van der Waals surface area contributed by atoms with Gasteiger partial charge in [0.25, 0.3) is 0 Å². The molecule has 0 radical (unpaired) electrons. The minimum atomic E-state index is 0. The van der Waals surface area contributed by atoms with E-state index in [1.807, 2.05) is 0 Å². The first-order chi connectivity index (χ1) is 0. The molecule has 0 saturated carbocycles. The normalized spacial score (nSPS) is 0. The van der Waals surface area contributed by atoms with Crippen LogP contribution >= 0.6 is 0 Å². The third kappa shape index (κ3) is 23.8. The van der Waals surface area contributed by atoms with Crippen LogP contribution in [0, 0.1) is 0 Å². The van der Waals surface area contributed by atoms with Crippen molar-refractivity contribution in [3.05, 3.63) is 0 Å². The van der Waals surface area contributed by atoms with E-state index >= 15 is 0 Å². The molecule has 0 atom stereocenters. The number of halogens is 3. The Kier molecular flexibility index (Phi) is 272. The van der Waals surface area contributed by atoms with Crippen molar-refractivity contribution in [3.63, 3.8) is 0 Å². The predicted octanol–water partition coefficient (Wildman–Crippen LogP) is -12.5. The summed E-state index contributed by atoms with van der Waals surface area (Å²) in [6, 6.07) is 0. The van der Waals surface area contributed by atoms with Crippen LogP contribution in [-0.2, 0) is 0 Å². The molecule has 0 amide bonds. The summed E-state index contributed by atoms with van der Waals surface area (Å²) in [5.41, 5.74) is 0. The van der Waals surface area contributed by atoms with E-state index in [-0.39, 0.29) is 145 Å². The van der Waals surface area contributed by atoms with Crippen molar-refractivity contribution in [1.82, 2.24) is 0 Å². The van der Waals surface area contributed by atoms with Gasteiger partial charge in [0.2, 0.25) is 0 Å². The van der Waals surface area contributed by atoms with Crippen LogP contribution < -0.4 is 66.8 Å². The van der Waals surface area contributed by atoms with Gasteiger partial charge >= 0.3 is 105 Å². The first kappa shape index (κ1) is 47.5. The van der Waals surface area contributed by atoms with Gasteiger partial charge < -0.3 is 40.1 Å². The van der Waals surface area contributed by atoms with Crippen LogP contribution in [0.5, 0.6) is 0 Å². The van der Waals surface area contributed by atoms with Crippen molar-refractivity contribution < 1.29 is 69.6 Å². The van der Waals surface area contributed by atoms with Gasteiger partial charge in [-0.2, -0.15) is 0 Å². The quantitative estimate of drug-likeness (QED) is 0.349. The van der Waals surface area contributed by atoms with E-state index in [0.29, 0.717) is 0 Å². The van der Waals surface area contributed by atoms with Crippen molar-refractivity contribution in [3.8, 4) is 0 Å². The largest absolute Gasteiger partial charge is 2.00 e. The van der Waals surface area contributed by atoms with Crippen molar-refractivity contribution in [2.45, 2.75) is 0 Å². The molecule has 0 spiro atoms. The molecule has 0 bridgehead atoms. The van der Waals surface area contributed by atoms with E-state index in [2.05, 4.69) is 0 Å². The second-order valence-corrected chi connectivity index (χ2v) is 0. The first-order valence-electron chi connectivity index (χ1n) is 0. The van der Waals surface area contributed by atoms with Gasteiger partial charge in [-0.1, -0.05) is 0 Å². The smallest absolute Gasteiger partial charge is 1.00 e. The molecule has 0 saturated heterocycles. The Labute approximate surface area is 141 Å². The Morgan fingerprint density at radius 1 is 0.667 bits per heavy atom. The molecule has 0 nitrogen and oxygen atoms in total. The molecule has 0 aromatic carbocycles. The van der Waals surface area contributed by atoms with Gasteiger partial charge in [0.05, 0.1) is 0 Å². The summed E-state index contributed by atoms with van der Waals surface area (Å²) < 4.78 is 0. The van der Waals surface area contributed by atoms with Gasteiger partial charge in [0.15, 0.2) is 0 Å². The van der Waals surface area contributed by atoms with Gasteiger partial charge in [0, 0.05) is 0 Å². The molecule has 28 valence electrons. The number of hydrogen-bond donors (Lipinski definition) is 0. The minimum absolute atomic E-state index is 0. The van der Waals surface area contributed by atoms with Gasteiger partial charge in [-0.05, 0) is 0 Å². The molecule has 0 unspecified atom stereocenters. The van der Waals surface area contributed by atoms with E-state index in [1.54, 1.807) is 0 Å². The Balaban J connectivity index is 0. The van der Waals surface area contributed by atoms with Crippen LogP contribution in [0.2, 0.25) is 0 Å². The van der Waals surface area contributed by atoms with E-state index < -0.39 is 0 Å². The molecule has 0 aliphatic carbocycles. The maximum atomic E-state index is 0. The van der Waals surface area contributed by atoms with E-state index in [4.69, 9.17) is 0 Å². The Morgan fingerprint density at radius 3 is 0.667 bits per heavy atom. The summed E-state index contributed by atoms with van der Waals surface area (Å²) in [4.78, 5) is 0. The average Bonchev–Trinajstić information content (AvgIpc) is 0. The first-order valence-corrected chi connectivity index (χ1v) is 0. The monoisotopic (exact) mass is 210 g/mol. The van der Waals surface area contributed by atoms with Crippen molar-refractivity contribution in [2.75, 3.05) is 0 Å². The second-order valence-electron chi connectivity index (χ2n) is 0.